The molecule has 8 heteroatoms. The van der Waals surface area contributed by atoms with Gasteiger partial charge < -0.3 is 14.3 Å². The van der Waals surface area contributed by atoms with Gasteiger partial charge >= 0.3 is 5.97 Å². The molecule has 0 spiro atoms. The molecule has 1 heterocycles. The summed E-state index contributed by atoms with van der Waals surface area (Å²) in [6, 6.07) is 10.1. The summed E-state index contributed by atoms with van der Waals surface area (Å²) < 4.78 is 11.6. The molecule has 0 saturated carbocycles. The molecule has 0 amide bonds. The lowest BCUT2D eigenvalue weighted by atomic mass is 10.0. The molecule has 0 saturated heterocycles. The Bertz CT molecular complexity index is 1230. The average molecular weight is 504 g/mol. The lowest BCUT2D eigenvalue weighted by Gasteiger charge is -2.22. The van der Waals surface area contributed by atoms with Crippen molar-refractivity contribution in [3.05, 3.63) is 69.0 Å². The second-order valence-corrected chi connectivity index (χ2v) is 9.77. The molecule has 3 rings (SSSR count). The van der Waals surface area contributed by atoms with Crippen molar-refractivity contribution in [3.8, 4) is 17.2 Å². The number of ether oxygens (including phenoxy) is 1. The van der Waals surface area contributed by atoms with E-state index >= 15 is 0 Å². The topological polar surface area (TPSA) is 89.6 Å². The molecular weight excluding hydrogens is 477 g/mol. The van der Waals surface area contributed by atoms with Gasteiger partial charge in [0.2, 0.25) is 5.89 Å². The molecule has 0 atom stereocenters. The van der Waals surface area contributed by atoms with Gasteiger partial charge in [-0.05, 0) is 62.7 Å². The molecule has 0 aliphatic carbocycles. The number of aromatic nitrogens is 1. The summed E-state index contributed by atoms with van der Waals surface area (Å²) in [7, 11) is 0. The Balaban J connectivity index is 1.77. The molecule has 0 radical (unpaired) electrons. The highest BCUT2D eigenvalue weighted by atomic mass is 35.5. The van der Waals surface area contributed by atoms with Crippen LogP contribution in [0.2, 0.25) is 10.0 Å². The van der Waals surface area contributed by atoms with E-state index in [1.807, 2.05) is 13.8 Å². The van der Waals surface area contributed by atoms with E-state index in [0.29, 0.717) is 56.3 Å². The third kappa shape index (κ3) is 5.80. The quantitative estimate of drug-likeness (QED) is 0.312. The number of carboxylic acids is 1. The van der Waals surface area contributed by atoms with E-state index in [-0.39, 0.29) is 18.1 Å². The minimum atomic E-state index is -1.37. The highest BCUT2D eigenvalue weighted by molar-refractivity contribution is 6.36. The Hall–Kier alpha value is -2.83. The van der Waals surface area contributed by atoms with Gasteiger partial charge in [0.15, 0.2) is 11.4 Å². The zero-order valence-electron chi connectivity index (χ0n) is 19.7. The van der Waals surface area contributed by atoms with E-state index in [0.717, 1.165) is 0 Å². The molecular formula is C26H27Cl2NO5. The number of carbonyl (C=O) groups is 2. The van der Waals surface area contributed by atoms with Gasteiger partial charge in [-0.3, -0.25) is 4.79 Å². The first-order valence-corrected chi connectivity index (χ1v) is 11.7. The van der Waals surface area contributed by atoms with Crippen molar-refractivity contribution in [1.29, 1.82) is 0 Å². The fraction of sp³-hybridized carbons (Fsp3) is 0.346. The summed E-state index contributed by atoms with van der Waals surface area (Å²) in [5.74, 6) is 0.479. The van der Waals surface area contributed by atoms with Crippen LogP contribution in [0.25, 0.3) is 11.5 Å². The predicted octanol–water partition coefficient (Wildman–Crippen LogP) is 7.14. The van der Waals surface area contributed by atoms with E-state index in [9.17, 15) is 14.7 Å². The van der Waals surface area contributed by atoms with Crippen molar-refractivity contribution in [2.45, 2.75) is 59.0 Å². The number of carbonyl (C=O) groups excluding carboxylic acids is 1. The van der Waals surface area contributed by atoms with Crippen LogP contribution < -0.4 is 4.74 Å². The van der Waals surface area contributed by atoms with Crippen molar-refractivity contribution in [3.63, 3.8) is 0 Å². The summed E-state index contributed by atoms with van der Waals surface area (Å²) in [5.41, 5.74) is 1.18. The molecule has 0 aliphatic heterocycles. The lowest BCUT2D eigenvalue weighted by Crippen LogP contribution is -2.38. The van der Waals surface area contributed by atoms with Crippen LogP contribution in [0.5, 0.6) is 5.75 Å². The van der Waals surface area contributed by atoms with Crippen molar-refractivity contribution in [2.24, 2.45) is 0 Å². The Labute approximate surface area is 208 Å². The number of benzene rings is 2. The number of nitrogens with zero attached hydrogens (tertiary/aromatic N) is 1. The summed E-state index contributed by atoms with van der Waals surface area (Å²) in [5, 5.41) is 10.2. The fourth-order valence-corrected chi connectivity index (χ4v) is 3.89. The first-order valence-electron chi connectivity index (χ1n) is 10.9. The average Bonchev–Trinajstić information content (AvgIpc) is 3.17. The zero-order valence-corrected chi connectivity index (χ0v) is 21.3. The maximum absolute atomic E-state index is 12.9. The van der Waals surface area contributed by atoms with Gasteiger partial charge in [-0.2, -0.15) is 0 Å². The lowest BCUT2D eigenvalue weighted by molar-refractivity contribution is -0.152. The number of ketones is 1. The third-order valence-electron chi connectivity index (χ3n) is 5.38. The van der Waals surface area contributed by atoms with Crippen LogP contribution in [-0.4, -0.2) is 27.4 Å². The number of rotatable bonds is 9. The highest BCUT2D eigenvalue weighted by Crippen LogP contribution is 2.33. The summed E-state index contributed by atoms with van der Waals surface area (Å²) in [4.78, 5) is 28.8. The normalized spacial score (nSPS) is 11.6. The van der Waals surface area contributed by atoms with E-state index in [1.165, 1.54) is 13.8 Å². The molecule has 3 aromatic rings. The van der Waals surface area contributed by atoms with E-state index in [4.69, 9.17) is 32.4 Å². The van der Waals surface area contributed by atoms with Crippen molar-refractivity contribution >= 4 is 35.0 Å². The molecule has 0 fully saturated rings. The van der Waals surface area contributed by atoms with Crippen LogP contribution >= 0.6 is 23.2 Å². The van der Waals surface area contributed by atoms with Crippen LogP contribution in [0.3, 0.4) is 0 Å². The molecule has 0 unspecified atom stereocenters. The first-order chi connectivity index (χ1) is 15.9. The number of hydrogen-bond acceptors (Lipinski definition) is 5. The van der Waals surface area contributed by atoms with Crippen molar-refractivity contribution in [1.82, 2.24) is 4.98 Å². The zero-order chi connectivity index (χ0) is 25.2. The molecule has 1 aromatic heterocycles. The number of hydrogen-bond donors (Lipinski definition) is 1. The Morgan fingerprint density at radius 2 is 1.85 bits per heavy atom. The largest absolute Gasteiger partial charge is 0.478 e. The molecule has 0 bridgehead atoms. The van der Waals surface area contributed by atoms with Crippen LogP contribution in [0.1, 0.15) is 67.4 Å². The molecule has 0 aliphatic rings. The van der Waals surface area contributed by atoms with E-state index in [2.05, 4.69) is 4.98 Å². The van der Waals surface area contributed by atoms with Crippen molar-refractivity contribution in [2.75, 3.05) is 0 Å². The number of aryl methyl sites for hydroxylation is 2. The van der Waals surface area contributed by atoms with Gasteiger partial charge in [-0.1, -0.05) is 37.0 Å². The Kier molecular flexibility index (Phi) is 7.74. The Morgan fingerprint density at radius 1 is 1.15 bits per heavy atom. The molecule has 34 heavy (non-hydrogen) atoms. The van der Waals surface area contributed by atoms with Gasteiger partial charge in [0, 0.05) is 29.3 Å². The monoisotopic (exact) mass is 503 g/mol. The molecule has 2 aromatic carbocycles. The van der Waals surface area contributed by atoms with E-state index < -0.39 is 11.6 Å². The maximum atomic E-state index is 12.9. The predicted molar refractivity (Wildman–Crippen MR) is 132 cm³/mol. The number of oxazole rings is 1. The highest BCUT2D eigenvalue weighted by Gasteiger charge is 2.30. The van der Waals surface area contributed by atoms with Crippen LogP contribution in [0, 0.1) is 6.92 Å². The van der Waals surface area contributed by atoms with Crippen LogP contribution in [0.15, 0.2) is 40.8 Å². The van der Waals surface area contributed by atoms with Gasteiger partial charge in [0.1, 0.15) is 11.5 Å². The fourth-order valence-electron chi connectivity index (χ4n) is 3.40. The summed E-state index contributed by atoms with van der Waals surface area (Å²) >= 11 is 12.3. The van der Waals surface area contributed by atoms with Gasteiger partial charge in [-0.15, -0.1) is 0 Å². The molecule has 1 N–H and O–H groups in total. The van der Waals surface area contributed by atoms with Crippen LogP contribution in [0.4, 0.5) is 0 Å². The SMILES string of the molecule is Cc1cc(C(=O)CCc2nc(-c3ccc(Cl)cc3Cl)oc2C(C)C)ccc1OC(C)(C)C(=O)O. The van der Waals surface area contributed by atoms with Gasteiger partial charge in [0.05, 0.1) is 16.3 Å². The van der Waals surface area contributed by atoms with Crippen molar-refractivity contribution < 1.29 is 23.8 Å². The first kappa shape index (κ1) is 25.8. The third-order valence-corrected chi connectivity index (χ3v) is 5.93. The minimum Gasteiger partial charge on any atom is -0.478 e. The maximum Gasteiger partial charge on any atom is 0.347 e. The standard InChI is InChI=1S/C26H27Cl2NO5/c1-14(2)23-20(29-24(33-23)18-8-7-17(27)13-19(18)28)9-10-21(30)16-6-11-22(15(3)12-16)34-26(4,5)25(31)32/h6-8,11-14H,9-10H2,1-5H3,(H,31,32). The molecule has 180 valence electrons. The second-order valence-electron chi connectivity index (χ2n) is 8.93. The smallest absolute Gasteiger partial charge is 0.347 e. The number of Topliss-reactive ketones (excluding diaryl/α,β-unsaturated/α-hetero) is 1. The number of halogens is 2. The summed E-state index contributed by atoms with van der Waals surface area (Å²) in [6.45, 7) is 8.73. The second kappa shape index (κ2) is 10.2. The Morgan fingerprint density at radius 3 is 2.44 bits per heavy atom. The van der Waals surface area contributed by atoms with Gasteiger partial charge in [0.25, 0.3) is 0 Å². The summed E-state index contributed by atoms with van der Waals surface area (Å²) in [6.07, 6.45) is 0.644. The number of aliphatic carboxylic acids is 1. The van der Waals surface area contributed by atoms with E-state index in [1.54, 1.807) is 43.3 Å². The van der Waals surface area contributed by atoms with Crippen LogP contribution in [-0.2, 0) is 11.2 Å². The van der Waals surface area contributed by atoms with Gasteiger partial charge in [-0.25, -0.2) is 9.78 Å². The minimum absolute atomic E-state index is 0.0593. The number of carboxylic acid groups (broad SMARTS) is 1. The molecule has 6 nitrogen and oxygen atoms in total.